The van der Waals surface area contributed by atoms with Gasteiger partial charge >= 0.3 is 6.09 Å². The lowest BCUT2D eigenvalue weighted by Crippen LogP contribution is -2.46. The highest BCUT2D eigenvalue weighted by Gasteiger charge is 2.20. The van der Waals surface area contributed by atoms with Crippen molar-refractivity contribution < 1.29 is 14.3 Å². The molecule has 0 bridgehead atoms. The fourth-order valence-electron chi connectivity index (χ4n) is 1.78. The number of alkyl carbamates (subject to hydrolysis) is 1. The summed E-state index contributed by atoms with van der Waals surface area (Å²) in [6.07, 6.45) is 1.57. The summed E-state index contributed by atoms with van der Waals surface area (Å²) in [5, 5.41) is 6.29. The number of carbonyl (C=O) groups is 1. The Hall–Kier alpha value is -0.810. The Kier molecular flexibility index (Phi) is 5.88. The third-order valence-electron chi connectivity index (χ3n) is 2.80. The fourth-order valence-corrected chi connectivity index (χ4v) is 1.78. The molecule has 1 rings (SSSR count). The summed E-state index contributed by atoms with van der Waals surface area (Å²) in [6, 6.07) is 0.514. The van der Waals surface area contributed by atoms with Crippen LogP contribution >= 0.6 is 0 Å². The van der Waals surface area contributed by atoms with E-state index in [2.05, 4.69) is 17.6 Å². The Morgan fingerprint density at radius 2 is 2.22 bits per heavy atom. The molecule has 2 N–H and O–H groups in total. The Morgan fingerprint density at radius 1 is 1.50 bits per heavy atom. The van der Waals surface area contributed by atoms with Crippen LogP contribution in [0.4, 0.5) is 4.79 Å². The van der Waals surface area contributed by atoms with Crippen LogP contribution in [0.25, 0.3) is 0 Å². The van der Waals surface area contributed by atoms with Gasteiger partial charge in [-0.05, 0) is 33.6 Å². The quantitative estimate of drug-likeness (QED) is 0.787. The van der Waals surface area contributed by atoms with Crippen molar-refractivity contribution in [1.29, 1.82) is 0 Å². The minimum Gasteiger partial charge on any atom is -0.444 e. The standard InChI is InChI=1S/C13H26N2O3/c1-5-10(8-14-11-6-7-17-9-11)15-12(16)18-13(2,3)4/h10-11,14H,5-9H2,1-4H3,(H,15,16). The number of ether oxygens (including phenoxy) is 2. The molecule has 0 spiro atoms. The van der Waals surface area contributed by atoms with E-state index in [1.54, 1.807) is 0 Å². The van der Waals surface area contributed by atoms with Crippen molar-refractivity contribution in [3.05, 3.63) is 0 Å². The van der Waals surface area contributed by atoms with Crippen LogP contribution in [0.15, 0.2) is 0 Å². The second-order valence-electron chi connectivity index (χ2n) is 5.72. The summed E-state index contributed by atoms with van der Waals surface area (Å²) in [5.74, 6) is 0. The zero-order chi connectivity index (χ0) is 13.6. The Bertz CT molecular complexity index is 257. The molecule has 0 radical (unpaired) electrons. The van der Waals surface area contributed by atoms with Gasteiger partial charge in [0, 0.05) is 25.2 Å². The highest BCUT2D eigenvalue weighted by Crippen LogP contribution is 2.07. The lowest BCUT2D eigenvalue weighted by Gasteiger charge is -2.24. The van der Waals surface area contributed by atoms with Gasteiger partial charge in [-0.1, -0.05) is 6.92 Å². The smallest absolute Gasteiger partial charge is 0.407 e. The van der Waals surface area contributed by atoms with Crippen LogP contribution in [0.2, 0.25) is 0 Å². The summed E-state index contributed by atoms with van der Waals surface area (Å²) in [7, 11) is 0. The van der Waals surface area contributed by atoms with Crippen LogP contribution in [-0.4, -0.2) is 43.5 Å². The van der Waals surface area contributed by atoms with Gasteiger partial charge in [0.25, 0.3) is 0 Å². The van der Waals surface area contributed by atoms with Gasteiger partial charge in [0.2, 0.25) is 0 Å². The van der Waals surface area contributed by atoms with Gasteiger partial charge in [-0.15, -0.1) is 0 Å². The van der Waals surface area contributed by atoms with Crippen LogP contribution in [-0.2, 0) is 9.47 Å². The molecular weight excluding hydrogens is 232 g/mol. The molecule has 1 fully saturated rings. The second-order valence-corrected chi connectivity index (χ2v) is 5.72. The van der Waals surface area contributed by atoms with Crippen molar-refractivity contribution in [3.8, 4) is 0 Å². The van der Waals surface area contributed by atoms with Crippen LogP contribution in [0, 0.1) is 0 Å². The number of hydrogen-bond acceptors (Lipinski definition) is 4. The van der Waals surface area contributed by atoms with Crippen molar-refractivity contribution in [2.75, 3.05) is 19.8 Å². The summed E-state index contributed by atoms with van der Waals surface area (Å²) in [4.78, 5) is 11.6. The van der Waals surface area contributed by atoms with E-state index in [4.69, 9.17) is 9.47 Å². The third-order valence-corrected chi connectivity index (χ3v) is 2.80. The van der Waals surface area contributed by atoms with E-state index in [1.165, 1.54) is 0 Å². The molecule has 106 valence electrons. The van der Waals surface area contributed by atoms with E-state index in [1.807, 2.05) is 20.8 Å². The third kappa shape index (κ3) is 6.21. The summed E-state index contributed by atoms with van der Waals surface area (Å²) in [6.45, 7) is 9.99. The maximum absolute atomic E-state index is 11.6. The molecule has 18 heavy (non-hydrogen) atoms. The molecule has 2 unspecified atom stereocenters. The molecular formula is C13H26N2O3. The molecule has 0 aromatic heterocycles. The van der Waals surface area contributed by atoms with Gasteiger partial charge in [-0.3, -0.25) is 0 Å². The van der Waals surface area contributed by atoms with E-state index >= 15 is 0 Å². The number of rotatable bonds is 5. The molecule has 1 heterocycles. The first-order chi connectivity index (χ1) is 8.40. The summed E-state index contributed by atoms with van der Waals surface area (Å²) < 4.78 is 10.5. The molecule has 1 aliphatic heterocycles. The molecule has 1 amide bonds. The summed E-state index contributed by atoms with van der Waals surface area (Å²) >= 11 is 0. The van der Waals surface area contributed by atoms with Gasteiger partial charge < -0.3 is 20.1 Å². The molecule has 0 aromatic rings. The number of carbonyl (C=O) groups excluding carboxylic acids is 1. The SMILES string of the molecule is CCC(CNC1CCOC1)NC(=O)OC(C)(C)C. The average molecular weight is 258 g/mol. The van der Waals surface area contributed by atoms with Crippen molar-refractivity contribution >= 4 is 6.09 Å². The molecule has 0 aliphatic carbocycles. The summed E-state index contributed by atoms with van der Waals surface area (Å²) in [5.41, 5.74) is -0.449. The Labute approximate surface area is 110 Å². The lowest BCUT2D eigenvalue weighted by molar-refractivity contribution is 0.0501. The van der Waals surface area contributed by atoms with Crippen LogP contribution in [0.5, 0.6) is 0 Å². The monoisotopic (exact) mass is 258 g/mol. The van der Waals surface area contributed by atoms with Crippen LogP contribution in [0.3, 0.4) is 0 Å². The van der Waals surface area contributed by atoms with Gasteiger partial charge in [-0.2, -0.15) is 0 Å². The highest BCUT2D eigenvalue weighted by atomic mass is 16.6. The maximum Gasteiger partial charge on any atom is 0.407 e. The molecule has 5 nitrogen and oxygen atoms in total. The minimum atomic E-state index is -0.449. The molecule has 2 atom stereocenters. The Balaban J connectivity index is 2.25. The van der Waals surface area contributed by atoms with Crippen molar-refractivity contribution in [2.45, 2.75) is 58.2 Å². The van der Waals surface area contributed by atoms with E-state index in [0.29, 0.717) is 6.04 Å². The first kappa shape index (κ1) is 15.2. The van der Waals surface area contributed by atoms with Gasteiger partial charge in [0.05, 0.1) is 6.61 Å². The first-order valence-electron chi connectivity index (χ1n) is 6.71. The highest BCUT2D eigenvalue weighted by molar-refractivity contribution is 5.68. The second kappa shape index (κ2) is 6.95. The van der Waals surface area contributed by atoms with E-state index < -0.39 is 5.60 Å². The molecule has 1 aliphatic rings. The van der Waals surface area contributed by atoms with Crippen molar-refractivity contribution in [2.24, 2.45) is 0 Å². The normalized spacial score (nSPS) is 21.7. The van der Waals surface area contributed by atoms with E-state index in [9.17, 15) is 4.79 Å². The molecule has 5 heteroatoms. The van der Waals surface area contributed by atoms with Gasteiger partial charge in [-0.25, -0.2) is 4.79 Å². The number of hydrogen-bond donors (Lipinski definition) is 2. The van der Waals surface area contributed by atoms with Gasteiger partial charge in [0.15, 0.2) is 0 Å². The predicted octanol–water partition coefficient (Wildman–Crippen LogP) is 1.67. The largest absolute Gasteiger partial charge is 0.444 e. The topological polar surface area (TPSA) is 59.6 Å². The van der Waals surface area contributed by atoms with Gasteiger partial charge in [0.1, 0.15) is 5.60 Å². The zero-order valence-corrected chi connectivity index (χ0v) is 11.9. The van der Waals surface area contributed by atoms with Crippen molar-refractivity contribution in [3.63, 3.8) is 0 Å². The predicted molar refractivity (Wildman–Crippen MR) is 70.7 cm³/mol. The van der Waals surface area contributed by atoms with Crippen LogP contribution in [0.1, 0.15) is 40.5 Å². The number of amides is 1. The molecule has 0 aromatic carbocycles. The zero-order valence-electron chi connectivity index (χ0n) is 11.9. The number of nitrogens with one attached hydrogen (secondary N) is 2. The lowest BCUT2D eigenvalue weighted by atomic mass is 10.2. The fraction of sp³-hybridized carbons (Fsp3) is 0.923. The minimum absolute atomic E-state index is 0.0976. The van der Waals surface area contributed by atoms with E-state index in [0.717, 1.165) is 32.6 Å². The molecule has 1 saturated heterocycles. The molecule has 0 saturated carbocycles. The first-order valence-corrected chi connectivity index (χ1v) is 6.71. The van der Waals surface area contributed by atoms with Crippen molar-refractivity contribution in [1.82, 2.24) is 10.6 Å². The Morgan fingerprint density at radius 3 is 2.72 bits per heavy atom. The average Bonchev–Trinajstić information content (AvgIpc) is 2.74. The van der Waals surface area contributed by atoms with Crippen LogP contribution < -0.4 is 10.6 Å². The maximum atomic E-state index is 11.6. The van der Waals surface area contributed by atoms with E-state index in [-0.39, 0.29) is 12.1 Å².